The molecule has 0 N–H and O–H groups in total. The topological polar surface area (TPSA) is 0 Å². The zero-order chi connectivity index (χ0) is 20.6. The molecule has 0 radical (unpaired) electrons. The van der Waals surface area contributed by atoms with Crippen LogP contribution in [0.15, 0.2) is 30.3 Å². The van der Waals surface area contributed by atoms with Crippen molar-refractivity contribution >= 4 is 0 Å². The molecule has 0 aromatic heterocycles. The summed E-state index contributed by atoms with van der Waals surface area (Å²) in [4.78, 5) is 0. The quantitative estimate of drug-likeness (QED) is 0.424. The summed E-state index contributed by atoms with van der Waals surface area (Å²) in [6, 6.07) is 10.6. The Morgan fingerprint density at radius 1 is 0.731 bits per heavy atom. The summed E-state index contributed by atoms with van der Waals surface area (Å²) in [7, 11) is 0. The van der Waals surface area contributed by atoms with E-state index in [1.54, 1.807) is 0 Å². The average molecular weight is 363 g/mol. The molecule has 0 aliphatic heterocycles. The summed E-state index contributed by atoms with van der Waals surface area (Å²) < 4.78 is 0. The molecule has 0 atom stereocenters. The van der Waals surface area contributed by atoms with Crippen molar-refractivity contribution < 1.29 is 0 Å². The highest BCUT2D eigenvalue weighted by molar-refractivity contribution is 5.14. The van der Waals surface area contributed by atoms with Gasteiger partial charge >= 0.3 is 0 Å². The molecule has 0 spiro atoms. The average Bonchev–Trinajstić information content (AvgIpc) is 2.52. The summed E-state index contributed by atoms with van der Waals surface area (Å²) in [5, 5.41) is 0. The SMILES string of the molecule is CC(C)C(C)(C)C.CC(C)Cc1ccccc1.CCCCCCC(C)C. The first-order chi connectivity index (χ1) is 12.0. The lowest BCUT2D eigenvalue weighted by Crippen LogP contribution is -2.12. The van der Waals surface area contributed by atoms with Gasteiger partial charge in [-0.15, -0.1) is 0 Å². The van der Waals surface area contributed by atoms with Crippen LogP contribution in [0.4, 0.5) is 0 Å². The molecule has 154 valence electrons. The highest BCUT2D eigenvalue weighted by Crippen LogP contribution is 2.23. The third-order valence-electron chi connectivity index (χ3n) is 4.85. The van der Waals surface area contributed by atoms with Crippen LogP contribution in [0.3, 0.4) is 0 Å². The Morgan fingerprint density at radius 2 is 1.23 bits per heavy atom. The van der Waals surface area contributed by atoms with Crippen LogP contribution in [0.25, 0.3) is 0 Å². The molecule has 1 rings (SSSR count). The predicted octanol–water partition coefficient (Wildman–Crippen LogP) is 9.19. The minimum atomic E-state index is 0.500. The van der Waals surface area contributed by atoms with E-state index in [-0.39, 0.29) is 0 Å². The van der Waals surface area contributed by atoms with Gasteiger partial charge in [0.05, 0.1) is 0 Å². The minimum absolute atomic E-state index is 0.500. The summed E-state index contributed by atoms with van der Waals surface area (Å²) in [5.74, 6) is 2.47. The molecule has 0 heteroatoms. The molecule has 26 heavy (non-hydrogen) atoms. The van der Waals surface area contributed by atoms with E-state index in [0.29, 0.717) is 5.41 Å². The van der Waals surface area contributed by atoms with Crippen LogP contribution in [0.2, 0.25) is 0 Å². The van der Waals surface area contributed by atoms with E-state index in [4.69, 9.17) is 0 Å². The zero-order valence-electron chi connectivity index (χ0n) is 19.9. The van der Waals surface area contributed by atoms with Gasteiger partial charge in [-0.2, -0.15) is 0 Å². The summed E-state index contributed by atoms with van der Waals surface area (Å²) in [6.45, 7) is 22.6. The van der Waals surface area contributed by atoms with Crippen LogP contribution in [0, 0.1) is 23.2 Å². The Kier molecular flexibility index (Phi) is 17.3. The fourth-order valence-corrected chi connectivity index (χ4v) is 2.06. The first-order valence-corrected chi connectivity index (χ1v) is 11.0. The highest BCUT2D eigenvalue weighted by Gasteiger charge is 2.13. The molecule has 0 saturated carbocycles. The van der Waals surface area contributed by atoms with Crippen molar-refractivity contribution in [3.63, 3.8) is 0 Å². The van der Waals surface area contributed by atoms with Crippen LogP contribution in [-0.4, -0.2) is 0 Å². The lowest BCUT2D eigenvalue weighted by Gasteiger charge is -2.22. The van der Waals surface area contributed by atoms with E-state index in [1.807, 2.05) is 0 Å². The second-order valence-electron chi connectivity index (χ2n) is 9.85. The van der Waals surface area contributed by atoms with E-state index in [1.165, 1.54) is 44.1 Å². The van der Waals surface area contributed by atoms with Gasteiger partial charge in [-0.05, 0) is 35.2 Å². The van der Waals surface area contributed by atoms with Gasteiger partial charge in [-0.3, -0.25) is 0 Å². The molecule has 0 heterocycles. The maximum Gasteiger partial charge on any atom is -0.0256 e. The van der Waals surface area contributed by atoms with Crippen LogP contribution in [0.1, 0.15) is 107 Å². The van der Waals surface area contributed by atoms with E-state index in [9.17, 15) is 0 Å². The Bertz CT molecular complexity index is 378. The lowest BCUT2D eigenvalue weighted by molar-refractivity contribution is 0.283. The number of benzene rings is 1. The maximum atomic E-state index is 2.30. The van der Waals surface area contributed by atoms with Crippen molar-refractivity contribution in [3.05, 3.63) is 35.9 Å². The summed E-state index contributed by atoms with van der Waals surface area (Å²) in [5.41, 5.74) is 1.94. The number of rotatable bonds is 7. The highest BCUT2D eigenvalue weighted by atomic mass is 14.2. The number of hydrogen-bond donors (Lipinski definition) is 0. The maximum absolute atomic E-state index is 2.30. The zero-order valence-corrected chi connectivity index (χ0v) is 19.9. The predicted molar refractivity (Wildman–Crippen MR) is 123 cm³/mol. The van der Waals surface area contributed by atoms with Crippen molar-refractivity contribution in [1.82, 2.24) is 0 Å². The van der Waals surface area contributed by atoms with E-state index < -0.39 is 0 Å². The molecule has 0 bridgehead atoms. The van der Waals surface area contributed by atoms with Gasteiger partial charge in [0.2, 0.25) is 0 Å². The van der Waals surface area contributed by atoms with Crippen molar-refractivity contribution in [1.29, 1.82) is 0 Å². The third-order valence-corrected chi connectivity index (χ3v) is 4.85. The van der Waals surface area contributed by atoms with Crippen molar-refractivity contribution in [2.75, 3.05) is 0 Å². The van der Waals surface area contributed by atoms with E-state index in [2.05, 4.69) is 99.6 Å². The van der Waals surface area contributed by atoms with Gasteiger partial charge in [-0.25, -0.2) is 0 Å². The minimum Gasteiger partial charge on any atom is -0.0654 e. The van der Waals surface area contributed by atoms with Crippen LogP contribution in [-0.2, 0) is 6.42 Å². The standard InChI is InChI=1S/C10H14.C9H20.C7H16/c1-9(2)8-10-6-4-3-5-7-10;1-4-5-6-7-8-9(2)3;1-6(2)7(3,4)5/h3-7,9H,8H2,1-2H3;9H,4-8H2,1-3H3;6H,1-5H3. The molecule has 1 aromatic carbocycles. The monoisotopic (exact) mass is 362 g/mol. The number of unbranched alkanes of at least 4 members (excludes halogenated alkanes) is 3. The lowest BCUT2D eigenvalue weighted by atomic mass is 9.84. The fourth-order valence-electron chi connectivity index (χ4n) is 2.06. The van der Waals surface area contributed by atoms with Gasteiger partial charge in [0.15, 0.2) is 0 Å². The van der Waals surface area contributed by atoms with Gasteiger partial charge in [0.1, 0.15) is 0 Å². The smallest absolute Gasteiger partial charge is 0.0256 e. The molecule has 0 amide bonds. The normalized spacial score (nSPS) is 11.1. The van der Waals surface area contributed by atoms with Gasteiger partial charge < -0.3 is 0 Å². The Labute approximate surface area is 167 Å². The van der Waals surface area contributed by atoms with Gasteiger partial charge in [0.25, 0.3) is 0 Å². The van der Waals surface area contributed by atoms with Crippen LogP contribution < -0.4 is 0 Å². The third kappa shape index (κ3) is 21.3. The summed E-state index contributed by atoms with van der Waals surface area (Å²) >= 11 is 0. The van der Waals surface area contributed by atoms with Crippen LogP contribution >= 0.6 is 0 Å². The molecule has 0 saturated heterocycles. The molecule has 0 aliphatic rings. The summed E-state index contributed by atoms with van der Waals surface area (Å²) in [6.07, 6.45) is 8.27. The Morgan fingerprint density at radius 3 is 1.58 bits per heavy atom. The van der Waals surface area contributed by atoms with E-state index in [0.717, 1.165) is 17.8 Å². The Balaban J connectivity index is 0. The van der Waals surface area contributed by atoms with Gasteiger partial charge in [0, 0.05) is 0 Å². The molecule has 0 fully saturated rings. The largest absolute Gasteiger partial charge is 0.0654 e. The fraction of sp³-hybridized carbons (Fsp3) is 0.769. The first-order valence-electron chi connectivity index (χ1n) is 11.0. The van der Waals surface area contributed by atoms with Crippen molar-refractivity contribution in [2.45, 2.75) is 108 Å². The second kappa shape index (κ2) is 16.4. The first kappa shape index (κ1) is 27.4. The number of hydrogen-bond acceptors (Lipinski definition) is 0. The molecule has 0 nitrogen and oxygen atoms in total. The van der Waals surface area contributed by atoms with Crippen molar-refractivity contribution in [3.8, 4) is 0 Å². The molecule has 0 unspecified atom stereocenters. The molecule has 0 aliphatic carbocycles. The second-order valence-corrected chi connectivity index (χ2v) is 9.85. The molecular formula is C26H50. The van der Waals surface area contributed by atoms with Gasteiger partial charge in [-0.1, -0.05) is 132 Å². The molecule has 1 aromatic rings. The van der Waals surface area contributed by atoms with Crippen molar-refractivity contribution in [2.24, 2.45) is 23.2 Å². The molecular weight excluding hydrogens is 312 g/mol. The van der Waals surface area contributed by atoms with E-state index >= 15 is 0 Å². The van der Waals surface area contributed by atoms with Crippen LogP contribution in [0.5, 0.6) is 0 Å². The Hall–Kier alpha value is -0.780.